The zero-order chi connectivity index (χ0) is 11.4. The van der Waals surface area contributed by atoms with E-state index in [0.717, 1.165) is 36.4 Å². The summed E-state index contributed by atoms with van der Waals surface area (Å²) in [5, 5.41) is 0. The Morgan fingerprint density at radius 1 is 1.25 bits per heavy atom. The van der Waals surface area contributed by atoms with Gasteiger partial charge < -0.3 is 4.90 Å². The molecule has 0 N–H and O–H groups in total. The van der Waals surface area contributed by atoms with Gasteiger partial charge in [0, 0.05) is 24.1 Å². The Kier molecular flexibility index (Phi) is 4.36. The van der Waals surface area contributed by atoms with Gasteiger partial charge in [0.25, 0.3) is 0 Å². The molecule has 0 spiro atoms. The molecular formula is C13H17BrFN. The van der Waals surface area contributed by atoms with Crippen LogP contribution in [0, 0.1) is 5.92 Å². The van der Waals surface area contributed by atoms with Crippen molar-refractivity contribution < 1.29 is 4.39 Å². The molecule has 1 heterocycles. The average molecular weight is 286 g/mol. The van der Waals surface area contributed by atoms with Gasteiger partial charge in [-0.05, 0) is 36.5 Å². The first-order chi connectivity index (χ1) is 7.78. The third kappa shape index (κ3) is 3.29. The van der Waals surface area contributed by atoms with E-state index in [0.29, 0.717) is 6.42 Å². The Hall–Kier alpha value is -0.410. The number of rotatable bonds is 5. The quantitative estimate of drug-likeness (QED) is 0.803. The minimum Gasteiger partial charge on any atom is -0.303 e. The first-order valence-electron chi connectivity index (χ1n) is 5.80. The molecule has 0 aliphatic carbocycles. The van der Waals surface area contributed by atoms with Crippen molar-refractivity contribution in [3.8, 4) is 0 Å². The largest absolute Gasteiger partial charge is 0.303 e. The summed E-state index contributed by atoms with van der Waals surface area (Å²) >= 11 is 3.44. The van der Waals surface area contributed by atoms with Gasteiger partial charge in [0.15, 0.2) is 0 Å². The summed E-state index contributed by atoms with van der Waals surface area (Å²) in [7, 11) is 0. The van der Waals surface area contributed by atoms with Gasteiger partial charge in [-0.15, -0.1) is 0 Å². The van der Waals surface area contributed by atoms with Crippen LogP contribution in [0.5, 0.6) is 0 Å². The van der Waals surface area contributed by atoms with Gasteiger partial charge in [-0.3, -0.25) is 4.39 Å². The van der Waals surface area contributed by atoms with Crippen molar-refractivity contribution in [2.24, 2.45) is 5.92 Å². The maximum Gasteiger partial charge on any atom is 0.0906 e. The molecule has 1 fully saturated rings. The Bertz CT molecular complexity index is 319. The van der Waals surface area contributed by atoms with Gasteiger partial charge in [0.2, 0.25) is 0 Å². The molecule has 0 radical (unpaired) electrons. The van der Waals surface area contributed by atoms with E-state index in [1.807, 2.05) is 0 Å². The molecule has 3 heteroatoms. The number of halogens is 2. The van der Waals surface area contributed by atoms with E-state index in [9.17, 15) is 4.39 Å². The summed E-state index contributed by atoms with van der Waals surface area (Å²) in [5.74, 6) is 0.765. The molecule has 0 bridgehead atoms. The zero-order valence-corrected chi connectivity index (χ0v) is 10.9. The number of nitrogens with zero attached hydrogens (tertiary/aromatic N) is 1. The lowest BCUT2D eigenvalue weighted by Crippen LogP contribution is -2.47. The van der Waals surface area contributed by atoms with Crippen molar-refractivity contribution in [3.63, 3.8) is 0 Å². The second kappa shape index (κ2) is 5.78. The van der Waals surface area contributed by atoms with Crippen LogP contribution in [0.15, 0.2) is 28.7 Å². The molecule has 1 aromatic rings. The molecule has 1 aromatic carbocycles. The van der Waals surface area contributed by atoms with Gasteiger partial charge in [0.1, 0.15) is 0 Å². The minimum absolute atomic E-state index is 0.187. The van der Waals surface area contributed by atoms with Crippen LogP contribution in [0.1, 0.15) is 12.0 Å². The molecule has 0 unspecified atom stereocenters. The molecule has 2 rings (SSSR count). The van der Waals surface area contributed by atoms with E-state index in [4.69, 9.17) is 0 Å². The van der Waals surface area contributed by atoms with Crippen molar-refractivity contribution in [2.75, 3.05) is 26.3 Å². The fraction of sp³-hybridized carbons (Fsp3) is 0.538. The third-order valence-corrected chi connectivity index (χ3v) is 3.61. The molecule has 0 amide bonds. The highest BCUT2D eigenvalue weighted by Gasteiger charge is 2.25. The Labute approximate surface area is 105 Å². The van der Waals surface area contributed by atoms with E-state index in [1.165, 1.54) is 5.56 Å². The minimum atomic E-state index is -0.187. The first kappa shape index (κ1) is 12.1. The summed E-state index contributed by atoms with van der Waals surface area (Å²) < 4.78 is 13.1. The fourth-order valence-corrected chi connectivity index (χ4v) is 2.49. The van der Waals surface area contributed by atoms with Crippen LogP contribution >= 0.6 is 15.9 Å². The van der Waals surface area contributed by atoms with Gasteiger partial charge in [0.05, 0.1) is 6.67 Å². The molecular weight excluding hydrogens is 269 g/mol. The van der Waals surface area contributed by atoms with Crippen LogP contribution in [0.3, 0.4) is 0 Å². The van der Waals surface area contributed by atoms with Gasteiger partial charge in [-0.2, -0.15) is 0 Å². The van der Waals surface area contributed by atoms with Crippen molar-refractivity contribution in [2.45, 2.75) is 12.8 Å². The van der Waals surface area contributed by atoms with Crippen LogP contribution in [0.25, 0.3) is 0 Å². The molecule has 1 nitrogen and oxygen atoms in total. The predicted molar refractivity (Wildman–Crippen MR) is 68.4 cm³/mol. The molecule has 0 atom stereocenters. The molecule has 88 valence electrons. The zero-order valence-electron chi connectivity index (χ0n) is 9.33. The summed E-state index contributed by atoms with van der Waals surface area (Å²) in [6, 6.07) is 8.53. The number of hydrogen-bond donors (Lipinski definition) is 0. The van der Waals surface area contributed by atoms with E-state index < -0.39 is 0 Å². The van der Waals surface area contributed by atoms with Crippen molar-refractivity contribution in [1.82, 2.24) is 4.90 Å². The van der Waals surface area contributed by atoms with E-state index in [-0.39, 0.29) is 6.67 Å². The van der Waals surface area contributed by atoms with E-state index >= 15 is 0 Å². The number of alkyl halides is 1. The van der Waals surface area contributed by atoms with Gasteiger partial charge >= 0.3 is 0 Å². The monoisotopic (exact) mass is 285 g/mol. The summed E-state index contributed by atoms with van der Waals surface area (Å²) in [4.78, 5) is 2.34. The first-order valence-corrected chi connectivity index (χ1v) is 6.60. The fourth-order valence-electron chi connectivity index (χ4n) is 2.23. The Morgan fingerprint density at radius 2 is 1.94 bits per heavy atom. The Morgan fingerprint density at radius 3 is 2.56 bits per heavy atom. The molecule has 16 heavy (non-hydrogen) atoms. The van der Waals surface area contributed by atoms with Crippen LogP contribution in [-0.2, 0) is 6.42 Å². The maximum atomic E-state index is 12.0. The second-order valence-corrected chi connectivity index (χ2v) is 5.41. The standard InChI is InChI=1S/C13H17BrFN/c14-13-4-2-11(3-5-13)8-12-9-16(10-12)7-1-6-15/h2-5,12H,1,6-10H2. The Balaban J connectivity index is 1.71. The van der Waals surface area contributed by atoms with Crippen LogP contribution in [0.2, 0.25) is 0 Å². The molecule has 0 aromatic heterocycles. The number of likely N-dealkylation sites (tertiary alicyclic amines) is 1. The van der Waals surface area contributed by atoms with E-state index in [1.54, 1.807) is 0 Å². The lowest BCUT2D eigenvalue weighted by atomic mass is 9.92. The third-order valence-electron chi connectivity index (χ3n) is 3.08. The maximum absolute atomic E-state index is 12.0. The highest BCUT2D eigenvalue weighted by Crippen LogP contribution is 2.21. The number of hydrogen-bond acceptors (Lipinski definition) is 1. The van der Waals surface area contributed by atoms with Crippen LogP contribution in [0.4, 0.5) is 4.39 Å². The van der Waals surface area contributed by atoms with Crippen LogP contribution < -0.4 is 0 Å². The van der Waals surface area contributed by atoms with Gasteiger partial charge in [-0.25, -0.2) is 0 Å². The smallest absolute Gasteiger partial charge is 0.0906 e. The SMILES string of the molecule is FCCCN1CC(Cc2ccc(Br)cc2)C1. The molecule has 1 aliphatic heterocycles. The lowest BCUT2D eigenvalue weighted by molar-refractivity contribution is 0.0968. The summed E-state index contributed by atoms with van der Waals surface area (Å²) in [6.07, 6.45) is 1.84. The average Bonchev–Trinajstić information content (AvgIpc) is 2.24. The van der Waals surface area contributed by atoms with Crippen molar-refractivity contribution in [3.05, 3.63) is 34.3 Å². The highest BCUT2D eigenvalue weighted by molar-refractivity contribution is 9.10. The normalized spacial score (nSPS) is 17.4. The highest BCUT2D eigenvalue weighted by atomic mass is 79.9. The molecule has 1 aliphatic rings. The lowest BCUT2D eigenvalue weighted by Gasteiger charge is -2.39. The van der Waals surface area contributed by atoms with E-state index in [2.05, 4.69) is 45.1 Å². The predicted octanol–water partition coefficient (Wildman–Crippen LogP) is 3.28. The topological polar surface area (TPSA) is 3.24 Å². The number of benzene rings is 1. The van der Waals surface area contributed by atoms with Crippen LogP contribution in [-0.4, -0.2) is 31.2 Å². The summed E-state index contributed by atoms with van der Waals surface area (Å²) in [5.41, 5.74) is 1.40. The molecule has 0 saturated carbocycles. The summed E-state index contributed by atoms with van der Waals surface area (Å²) in [6.45, 7) is 3.01. The van der Waals surface area contributed by atoms with Crippen molar-refractivity contribution in [1.29, 1.82) is 0 Å². The van der Waals surface area contributed by atoms with Crippen molar-refractivity contribution >= 4 is 15.9 Å². The van der Waals surface area contributed by atoms with Gasteiger partial charge in [-0.1, -0.05) is 28.1 Å². The second-order valence-electron chi connectivity index (χ2n) is 4.50. The molecule has 1 saturated heterocycles.